The highest BCUT2D eigenvalue weighted by Crippen LogP contribution is 2.22. The van der Waals surface area contributed by atoms with Crippen molar-refractivity contribution in [3.05, 3.63) is 65.2 Å². The maximum atomic E-state index is 12.2. The molecule has 29 heavy (non-hydrogen) atoms. The second kappa shape index (κ2) is 11.3. The van der Waals surface area contributed by atoms with Crippen LogP contribution in [-0.4, -0.2) is 39.4 Å². The first-order valence-electron chi connectivity index (χ1n) is 9.70. The Morgan fingerprint density at radius 2 is 1.86 bits per heavy atom. The van der Waals surface area contributed by atoms with Gasteiger partial charge in [0.05, 0.1) is 11.9 Å². The van der Waals surface area contributed by atoms with Gasteiger partial charge in [0.15, 0.2) is 0 Å². The molecule has 7 heteroatoms. The topological polar surface area (TPSA) is 66.5 Å². The zero-order chi connectivity index (χ0) is 21.3. The highest BCUT2D eigenvalue weighted by molar-refractivity contribution is 7.98. The van der Waals surface area contributed by atoms with Crippen LogP contribution in [-0.2, 0) is 20.6 Å². The summed E-state index contributed by atoms with van der Waals surface area (Å²) in [6, 6.07) is 15.8. The summed E-state index contributed by atoms with van der Waals surface area (Å²) in [5, 5.41) is 2.92. The van der Waals surface area contributed by atoms with Gasteiger partial charge in [-0.25, -0.2) is 8.42 Å². The van der Waals surface area contributed by atoms with E-state index in [2.05, 4.69) is 36.5 Å². The lowest BCUT2D eigenvalue weighted by Crippen LogP contribution is -2.33. The fourth-order valence-electron chi connectivity index (χ4n) is 3.03. The van der Waals surface area contributed by atoms with E-state index in [0.29, 0.717) is 31.6 Å². The first-order valence-corrected chi connectivity index (χ1v) is 12.7. The van der Waals surface area contributed by atoms with E-state index in [9.17, 15) is 13.2 Å². The maximum absolute atomic E-state index is 12.2. The summed E-state index contributed by atoms with van der Waals surface area (Å²) < 4.78 is 25.7. The van der Waals surface area contributed by atoms with E-state index in [0.717, 1.165) is 17.1 Å². The molecule has 0 aliphatic heterocycles. The first-order chi connectivity index (χ1) is 13.8. The van der Waals surface area contributed by atoms with Gasteiger partial charge in [0.1, 0.15) is 0 Å². The van der Waals surface area contributed by atoms with E-state index in [1.165, 1.54) is 21.7 Å². The standard InChI is InChI=1S/C22H30N2O3S2/c1-18-8-6-10-20(16-18)17-28-15-13-23-22(25)12-7-14-24(29(3,26)27)21-11-5-4-9-19(21)2/h4-6,8-11,16H,7,12-15,17H2,1-3H3,(H,23,25). The smallest absolute Gasteiger partial charge is 0.232 e. The van der Waals surface area contributed by atoms with Gasteiger partial charge in [-0.15, -0.1) is 0 Å². The molecule has 0 fully saturated rings. The molecule has 0 bridgehead atoms. The lowest BCUT2D eigenvalue weighted by molar-refractivity contribution is -0.121. The van der Waals surface area contributed by atoms with Crippen LogP contribution in [0, 0.1) is 13.8 Å². The number of sulfonamides is 1. The van der Waals surface area contributed by atoms with Gasteiger partial charge in [-0.1, -0.05) is 48.0 Å². The van der Waals surface area contributed by atoms with Crippen molar-refractivity contribution in [1.29, 1.82) is 0 Å². The number of benzene rings is 2. The number of hydrogen-bond donors (Lipinski definition) is 1. The average molecular weight is 435 g/mol. The molecule has 5 nitrogen and oxygen atoms in total. The third kappa shape index (κ3) is 8.11. The van der Waals surface area contributed by atoms with Crippen LogP contribution >= 0.6 is 11.8 Å². The summed E-state index contributed by atoms with van der Waals surface area (Å²) >= 11 is 1.79. The normalized spacial score (nSPS) is 11.3. The minimum Gasteiger partial charge on any atom is -0.355 e. The summed E-state index contributed by atoms with van der Waals surface area (Å²) in [7, 11) is -3.39. The van der Waals surface area contributed by atoms with Crippen LogP contribution in [0.5, 0.6) is 0 Å². The molecule has 0 spiro atoms. The van der Waals surface area contributed by atoms with Crippen LogP contribution < -0.4 is 9.62 Å². The van der Waals surface area contributed by atoms with Gasteiger partial charge in [-0.2, -0.15) is 11.8 Å². The Morgan fingerprint density at radius 3 is 2.55 bits per heavy atom. The number of hydrogen-bond acceptors (Lipinski definition) is 4. The molecule has 0 aliphatic rings. The molecule has 0 saturated carbocycles. The van der Waals surface area contributed by atoms with Gasteiger partial charge >= 0.3 is 0 Å². The number of amides is 1. The Morgan fingerprint density at radius 1 is 1.10 bits per heavy atom. The van der Waals surface area contributed by atoms with Crippen LogP contribution in [0.1, 0.15) is 29.5 Å². The third-order valence-corrected chi connectivity index (χ3v) is 6.68. The van der Waals surface area contributed by atoms with E-state index in [4.69, 9.17) is 0 Å². The van der Waals surface area contributed by atoms with Crippen molar-refractivity contribution >= 4 is 33.4 Å². The highest BCUT2D eigenvalue weighted by Gasteiger charge is 2.18. The average Bonchev–Trinajstić information content (AvgIpc) is 2.65. The molecular weight excluding hydrogens is 404 g/mol. The van der Waals surface area contributed by atoms with E-state index in [-0.39, 0.29) is 5.91 Å². The lowest BCUT2D eigenvalue weighted by atomic mass is 10.2. The number of carbonyl (C=O) groups excluding carboxylic acids is 1. The minimum absolute atomic E-state index is 0.0422. The lowest BCUT2D eigenvalue weighted by Gasteiger charge is -2.24. The summed E-state index contributed by atoms with van der Waals surface area (Å²) in [6.07, 6.45) is 1.98. The Bertz CT molecular complexity index is 914. The fraction of sp³-hybridized carbons (Fsp3) is 0.409. The van der Waals surface area contributed by atoms with Gasteiger partial charge in [0.2, 0.25) is 15.9 Å². The summed E-state index contributed by atoms with van der Waals surface area (Å²) in [5.74, 6) is 1.73. The summed E-state index contributed by atoms with van der Waals surface area (Å²) in [5.41, 5.74) is 4.11. The molecule has 2 rings (SSSR count). The van der Waals surface area contributed by atoms with Gasteiger partial charge in [-0.3, -0.25) is 9.10 Å². The Hall–Kier alpha value is -1.99. The molecule has 0 radical (unpaired) electrons. The molecule has 0 unspecified atom stereocenters. The molecule has 1 N–H and O–H groups in total. The molecule has 0 saturated heterocycles. The van der Waals surface area contributed by atoms with Crippen molar-refractivity contribution in [3.63, 3.8) is 0 Å². The fourth-order valence-corrected chi connectivity index (χ4v) is 4.86. The predicted molar refractivity (Wildman–Crippen MR) is 123 cm³/mol. The molecule has 0 atom stereocenters. The third-order valence-electron chi connectivity index (χ3n) is 4.47. The van der Waals surface area contributed by atoms with Crippen molar-refractivity contribution in [2.75, 3.05) is 29.4 Å². The van der Waals surface area contributed by atoms with Crippen molar-refractivity contribution in [1.82, 2.24) is 5.32 Å². The van der Waals surface area contributed by atoms with Gasteiger partial charge < -0.3 is 5.32 Å². The summed E-state index contributed by atoms with van der Waals surface area (Å²) in [6.45, 7) is 4.87. The largest absolute Gasteiger partial charge is 0.355 e. The van der Waals surface area contributed by atoms with Gasteiger partial charge in [-0.05, 0) is 37.5 Å². The van der Waals surface area contributed by atoms with Crippen molar-refractivity contribution < 1.29 is 13.2 Å². The quantitative estimate of drug-likeness (QED) is 0.545. The second-order valence-corrected chi connectivity index (χ2v) is 10.1. The van der Waals surface area contributed by atoms with Crippen molar-refractivity contribution in [2.45, 2.75) is 32.4 Å². The number of nitrogens with one attached hydrogen (secondary N) is 1. The SMILES string of the molecule is Cc1cccc(CSCCNC(=O)CCCN(c2ccccc2C)S(C)(=O)=O)c1. The second-order valence-electron chi connectivity index (χ2n) is 7.12. The molecule has 0 aliphatic carbocycles. The number of thioether (sulfide) groups is 1. The molecule has 0 heterocycles. The minimum atomic E-state index is -3.39. The zero-order valence-corrected chi connectivity index (χ0v) is 19.0. The van der Waals surface area contributed by atoms with Crippen LogP contribution in [0.2, 0.25) is 0 Å². The number of nitrogens with zero attached hydrogens (tertiary/aromatic N) is 1. The van der Waals surface area contributed by atoms with Gasteiger partial charge in [0.25, 0.3) is 0 Å². The number of anilines is 1. The molecular formula is C22H30N2O3S2. The predicted octanol–water partition coefficient (Wildman–Crippen LogP) is 3.90. The molecule has 2 aromatic carbocycles. The number of para-hydroxylation sites is 1. The van der Waals surface area contributed by atoms with Crippen LogP contribution in [0.15, 0.2) is 48.5 Å². The summed E-state index contributed by atoms with van der Waals surface area (Å²) in [4.78, 5) is 12.1. The number of carbonyl (C=O) groups is 1. The zero-order valence-electron chi connectivity index (χ0n) is 17.3. The molecule has 158 valence electrons. The monoisotopic (exact) mass is 434 g/mol. The van der Waals surface area contributed by atoms with E-state index in [1.807, 2.05) is 25.1 Å². The molecule has 1 amide bonds. The Kier molecular flexibility index (Phi) is 9.04. The van der Waals surface area contributed by atoms with E-state index < -0.39 is 10.0 Å². The van der Waals surface area contributed by atoms with Gasteiger partial charge in [0, 0.05) is 31.0 Å². The number of rotatable bonds is 11. The molecule has 2 aromatic rings. The number of aryl methyl sites for hydroxylation is 2. The maximum Gasteiger partial charge on any atom is 0.232 e. The van der Waals surface area contributed by atoms with E-state index >= 15 is 0 Å². The van der Waals surface area contributed by atoms with Crippen LogP contribution in [0.4, 0.5) is 5.69 Å². The Labute approximate surface area is 178 Å². The van der Waals surface area contributed by atoms with Crippen molar-refractivity contribution in [2.24, 2.45) is 0 Å². The molecule has 0 aromatic heterocycles. The van der Waals surface area contributed by atoms with E-state index in [1.54, 1.807) is 17.8 Å². The van der Waals surface area contributed by atoms with Crippen molar-refractivity contribution in [3.8, 4) is 0 Å². The Balaban J connectivity index is 1.70. The highest BCUT2D eigenvalue weighted by atomic mass is 32.2. The van der Waals surface area contributed by atoms with Crippen LogP contribution in [0.25, 0.3) is 0 Å². The first kappa shape index (κ1) is 23.3. The van der Waals surface area contributed by atoms with Crippen LogP contribution in [0.3, 0.4) is 0 Å².